The first-order chi connectivity index (χ1) is 11.2. The van der Waals surface area contributed by atoms with E-state index in [1.54, 1.807) is 18.9 Å². The normalized spacial score (nSPS) is 11.4. The molecule has 23 heavy (non-hydrogen) atoms. The summed E-state index contributed by atoms with van der Waals surface area (Å²) < 4.78 is 9.22. The van der Waals surface area contributed by atoms with Crippen LogP contribution in [0.4, 0.5) is 0 Å². The number of rotatable bonds is 7. The van der Waals surface area contributed by atoms with Gasteiger partial charge in [-0.2, -0.15) is 0 Å². The Morgan fingerprint density at radius 3 is 2.83 bits per heavy atom. The Hall–Kier alpha value is -1.57. The van der Waals surface area contributed by atoms with Crippen LogP contribution in [0.5, 0.6) is 0 Å². The standard InChI is InChI=1S/C16H19N3O2S2/c1-12-11-23-16(20)18(12)8-10-22-15-17-13-5-3-4-6-14(13)19(15)7-9-21-2/h3-6,11H,7-10H2,1-2H3. The van der Waals surface area contributed by atoms with Crippen molar-refractivity contribution in [3.63, 3.8) is 0 Å². The van der Waals surface area contributed by atoms with Gasteiger partial charge in [0, 0.05) is 37.0 Å². The lowest BCUT2D eigenvalue weighted by molar-refractivity contribution is 0.186. The Kier molecular flexibility index (Phi) is 5.20. The monoisotopic (exact) mass is 349 g/mol. The number of methoxy groups -OCH3 is 1. The molecule has 1 aromatic carbocycles. The summed E-state index contributed by atoms with van der Waals surface area (Å²) in [4.78, 5) is 16.6. The number of thioether (sulfide) groups is 1. The molecule has 0 radical (unpaired) electrons. The molecule has 3 rings (SSSR count). The number of aromatic nitrogens is 3. The molecule has 0 saturated carbocycles. The summed E-state index contributed by atoms with van der Waals surface area (Å²) in [5.41, 5.74) is 3.14. The molecule has 2 aromatic heterocycles. The number of nitrogens with zero attached hydrogens (tertiary/aromatic N) is 3. The fourth-order valence-electron chi connectivity index (χ4n) is 2.47. The SMILES string of the molecule is COCCn1c(SCCn2c(C)csc2=O)nc2ccccc21. The van der Waals surface area contributed by atoms with Gasteiger partial charge in [-0.15, -0.1) is 0 Å². The van der Waals surface area contributed by atoms with E-state index in [0.717, 1.165) is 34.2 Å². The van der Waals surface area contributed by atoms with Crippen molar-refractivity contribution in [2.45, 2.75) is 25.2 Å². The molecule has 0 N–H and O–H groups in total. The van der Waals surface area contributed by atoms with Crippen LogP contribution in [0.15, 0.2) is 39.6 Å². The van der Waals surface area contributed by atoms with Crippen LogP contribution in [0.2, 0.25) is 0 Å². The first-order valence-corrected chi connectivity index (χ1v) is 9.29. The summed E-state index contributed by atoms with van der Waals surface area (Å²) in [5.74, 6) is 0.813. The number of hydrogen-bond donors (Lipinski definition) is 0. The lowest BCUT2D eigenvalue weighted by Gasteiger charge is -2.08. The van der Waals surface area contributed by atoms with E-state index in [9.17, 15) is 4.79 Å². The minimum absolute atomic E-state index is 0.107. The number of hydrogen-bond acceptors (Lipinski definition) is 5. The van der Waals surface area contributed by atoms with Gasteiger partial charge in [0.15, 0.2) is 5.16 Å². The summed E-state index contributed by atoms with van der Waals surface area (Å²) in [6.07, 6.45) is 0. The molecule has 3 aromatic rings. The van der Waals surface area contributed by atoms with E-state index in [-0.39, 0.29) is 4.87 Å². The van der Waals surface area contributed by atoms with Crippen LogP contribution >= 0.6 is 23.1 Å². The van der Waals surface area contributed by atoms with Gasteiger partial charge >= 0.3 is 4.87 Å². The van der Waals surface area contributed by atoms with E-state index in [2.05, 4.69) is 10.6 Å². The number of aryl methyl sites for hydroxylation is 1. The van der Waals surface area contributed by atoms with Crippen molar-refractivity contribution in [1.29, 1.82) is 0 Å². The van der Waals surface area contributed by atoms with Gasteiger partial charge in [0.2, 0.25) is 0 Å². The van der Waals surface area contributed by atoms with Crippen molar-refractivity contribution < 1.29 is 4.74 Å². The quantitative estimate of drug-likeness (QED) is 0.615. The molecular formula is C16H19N3O2S2. The number of ether oxygens (including phenoxy) is 1. The van der Waals surface area contributed by atoms with E-state index in [0.29, 0.717) is 13.2 Å². The smallest absolute Gasteiger partial charge is 0.307 e. The van der Waals surface area contributed by atoms with E-state index >= 15 is 0 Å². The van der Waals surface area contributed by atoms with E-state index in [4.69, 9.17) is 9.72 Å². The van der Waals surface area contributed by atoms with Crippen LogP contribution in [-0.4, -0.2) is 33.6 Å². The highest BCUT2D eigenvalue weighted by Crippen LogP contribution is 2.24. The number of imidazole rings is 1. The Labute approximate surface area is 142 Å². The van der Waals surface area contributed by atoms with Crippen LogP contribution in [0.25, 0.3) is 11.0 Å². The zero-order valence-electron chi connectivity index (χ0n) is 13.2. The second-order valence-corrected chi connectivity index (χ2v) is 7.05. The Bertz CT molecular complexity index is 850. The molecule has 0 saturated heterocycles. The molecule has 0 fully saturated rings. The maximum atomic E-state index is 11.8. The van der Waals surface area contributed by atoms with Crippen molar-refractivity contribution >= 4 is 34.1 Å². The maximum Gasteiger partial charge on any atom is 0.307 e. The highest BCUT2D eigenvalue weighted by Gasteiger charge is 2.11. The third-order valence-corrected chi connectivity index (χ3v) is 5.50. The minimum Gasteiger partial charge on any atom is -0.383 e. The molecular weight excluding hydrogens is 330 g/mol. The second kappa shape index (κ2) is 7.33. The van der Waals surface area contributed by atoms with Crippen LogP contribution in [0, 0.1) is 6.92 Å². The largest absolute Gasteiger partial charge is 0.383 e. The molecule has 0 unspecified atom stereocenters. The molecule has 0 amide bonds. The Balaban J connectivity index is 1.77. The van der Waals surface area contributed by atoms with Gasteiger partial charge in [0.25, 0.3) is 0 Å². The second-order valence-electron chi connectivity index (χ2n) is 5.17. The fraction of sp³-hybridized carbons (Fsp3) is 0.375. The number of fused-ring (bicyclic) bond motifs is 1. The summed E-state index contributed by atoms with van der Waals surface area (Å²) in [6.45, 7) is 4.09. The van der Waals surface area contributed by atoms with Crippen LogP contribution in [-0.2, 0) is 17.8 Å². The Morgan fingerprint density at radius 1 is 1.26 bits per heavy atom. The average Bonchev–Trinajstić information content (AvgIpc) is 3.07. The van der Waals surface area contributed by atoms with Crippen LogP contribution < -0.4 is 4.87 Å². The van der Waals surface area contributed by atoms with Gasteiger partial charge in [0.05, 0.1) is 17.6 Å². The molecule has 0 aliphatic heterocycles. The Morgan fingerprint density at radius 2 is 2.09 bits per heavy atom. The number of para-hydroxylation sites is 2. The molecule has 0 aliphatic rings. The molecule has 0 atom stereocenters. The molecule has 2 heterocycles. The molecule has 122 valence electrons. The van der Waals surface area contributed by atoms with Crippen molar-refractivity contribution in [1.82, 2.24) is 14.1 Å². The van der Waals surface area contributed by atoms with Crippen LogP contribution in [0.3, 0.4) is 0 Å². The van der Waals surface area contributed by atoms with Crippen molar-refractivity contribution in [3.05, 3.63) is 45.0 Å². The molecule has 7 heteroatoms. The first kappa shape index (κ1) is 16.3. The first-order valence-electron chi connectivity index (χ1n) is 7.42. The summed E-state index contributed by atoms with van der Waals surface area (Å²) in [6, 6.07) is 8.13. The van der Waals surface area contributed by atoms with Crippen molar-refractivity contribution in [3.8, 4) is 0 Å². The molecule has 0 spiro atoms. The predicted molar refractivity (Wildman–Crippen MR) is 95.6 cm³/mol. The molecule has 0 aliphatic carbocycles. The fourth-order valence-corrected chi connectivity index (χ4v) is 4.19. The highest BCUT2D eigenvalue weighted by atomic mass is 32.2. The molecule has 5 nitrogen and oxygen atoms in total. The van der Waals surface area contributed by atoms with Crippen LogP contribution in [0.1, 0.15) is 5.69 Å². The number of thiazole rings is 1. The van der Waals surface area contributed by atoms with Gasteiger partial charge in [0.1, 0.15) is 0 Å². The zero-order chi connectivity index (χ0) is 16.2. The summed E-state index contributed by atoms with van der Waals surface area (Å²) >= 11 is 2.94. The highest BCUT2D eigenvalue weighted by molar-refractivity contribution is 7.99. The van der Waals surface area contributed by atoms with Gasteiger partial charge in [-0.1, -0.05) is 35.2 Å². The van der Waals surface area contributed by atoms with Crippen molar-refractivity contribution in [2.24, 2.45) is 0 Å². The lowest BCUT2D eigenvalue weighted by atomic mass is 10.3. The minimum atomic E-state index is 0.107. The molecule has 0 bridgehead atoms. The maximum absolute atomic E-state index is 11.8. The summed E-state index contributed by atoms with van der Waals surface area (Å²) in [5, 5.41) is 2.88. The van der Waals surface area contributed by atoms with E-state index in [1.165, 1.54) is 11.3 Å². The van der Waals surface area contributed by atoms with Gasteiger partial charge in [-0.25, -0.2) is 4.98 Å². The van der Waals surface area contributed by atoms with E-state index < -0.39 is 0 Å². The average molecular weight is 349 g/mol. The topological polar surface area (TPSA) is 49.0 Å². The zero-order valence-corrected chi connectivity index (χ0v) is 14.8. The lowest BCUT2D eigenvalue weighted by Crippen LogP contribution is -2.16. The van der Waals surface area contributed by atoms with Gasteiger partial charge in [-0.05, 0) is 19.1 Å². The van der Waals surface area contributed by atoms with E-state index in [1.807, 2.05) is 35.1 Å². The third kappa shape index (κ3) is 3.52. The van der Waals surface area contributed by atoms with Gasteiger partial charge in [-0.3, -0.25) is 4.79 Å². The van der Waals surface area contributed by atoms with Crippen molar-refractivity contribution in [2.75, 3.05) is 19.5 Å². The number of benzene rings is 1. The third-order valence-electron chi connectivity index (χ3n) is 3.66. The predicted octanol–water partition coefficient (Wildman–Crippen LogP) is 3.01. The summed E-state index contributed by atoms with van der Waals surface area (Å²) in [7, 11) is 1.71. The van der Waals surface area contributed by atoms with Gasteiger partial charge < -0.3 is 13.9 Å².